The van der Waals surface area contributed by atoms with E-state index in [-0.39, 0.29) is 23.5 Å². The van der Waals surface area contributed by atoms with Crippen molar-refractivity contribution in [2.45, 2.75) is 6.54 Å². The number of furan rings is 1. The molecule has 0 aliphatic carbocycles. The summed E-state index contributed by atoms with van der Waals surface area (Å²) in [6, 6.07) is 16.7. The van der Waals surface area contributed by atoms with Crippen LogP contribution in [0.3, 0.4) is 0 Å². The van der Waals surface area contributed by atoms with Crippen LogP contribution in [0.4, 0.5) is 4.79 Å². The van der Waals surface area contributed by atoms with Gasteiger partial charge >= 0.3 is 5.97 Å². The third-order valence-electron chi connectivity index (χ3n) is 4.21. The van der Waals surface area contributed by atoms with Crippen molar-refractivity contribution in [2.75, 3.05) is 0 Å². The van der Waals surface area contributed by atoms with Crippen LogP contribution < -0.4 is 4.74 Å². The Kier molecular flexibility index (Phi) is 5.74. The normalized spacial score (nSPS) is 15.1. The maximum Gasteiger partial charge on any atom is 0.379 e. The van der Waals surface area contributed by atoms with Crippen molar-refractivity contribution < 1.29 is 23.5 Å². The minimum Gasteiger partial charge on any atom is -0.457 e. The standard InChI is InChI=1S/C22H14ClNO5S/c23-16-4-1-3-15(11-16)13-24-20(25)19(30-22(24)27)12-14-6-8-17(9-7-14)29-21(26)18-5-2-10-28-18/h1-12H,13H2/b19-12-. The van der Waals surface area contributed by atoms with Gasteiger partial charge in [0, 0.05) is 5.02 Å². The fraction of sp³-hybridized carbons (Fsp3) is 0.0455. The van der Waals surface area contributed by atoms with Crippen LogP contribution >= 0.6 is 23.4 Å². The van der Waals surface area contributed by atoms with Crippen LogP contribution in [0.5, 0.6) is 5.75 Å². The minimum absolute atomic E-state index is 0.104. The summed E-state index contributed by atoms with van der Waals surface area (Å²) in [5.74, 6) is -0.525. The number of carbonyl (C=O) groups excluding carboxylic acids is 3. The molecule has 1 aliphatic heterocycles. The number of nitrogens with zero attached hydrogens (tertiary/aromatic N) is 1. The Bertz CT molecular complexity index is 1140. The number of ether oxygens (including phenoxy) is 1. The van der Waals surface area contributed by atoms with Crippen LogP contribution in [0.2, 0.25) is 5.02 Å². The Morgan fingerprint density at radius 1 is 1.10 bits per heavy atom. The van der Waals surface area contributed by atoms with E-state index in [0.29, 0.717) is 21.2 Å². The molecule has 2 amide bonds. The lowest BCUT2D eigenvalue weighted by atomic mass is 10.2. The summed E-state index contributed by atoms with van der Waals surface area (Å²) in [4.78, 5) is 38.3. The Labute approximate surface area is 181 Å². The van der Waals surface area contributed by atoms with Gasteiger partial charge in [0.15, 0.2) is 0 Å². The molecule has 3 aromatic rings. The lowest BCUT2D eigenvalue weighted by Gasteiger charge is -2.12. The van der Waals surface area contributed by atoms with Gasteiger partial charge in [0.1, 0.15) is 5.75 Å². The summed E-state index contributed by atoms with van der Waals surface area (Å²) < 4.78 is 10.2. The van der Waals surface area contributed by atoms with E-state index < -0.39 is 5.97 Å². The third kappa shape index (κ3) is 4.48. The molecule has 0 bridgehead atoms. The van der Waals surface area contributed by atoms with Crippen molar-refractivity contribution in [3.63, 3.8) is 0 Å². The van der Waals surface area contributed by atoms with Gasteiger partial charge in [-0.3, -0.25) is 14.5 Å². The van der Waals surface area contributed by atoms with Gasteiger partial charge in [0.25, 0.3) is 11.1 Å². The molecule has 0 spiro atoms. The number of thioether (sulfide) groups is 1. The van der Waals surface area contributed by atoms with E-state index >= 15 is 0 Å². The van der Waals surface area contributed by atoms with E-state index in [1.54, 1.807) is 54.6 Å². The predicted molar refractivity (Wildman–Crippen MR) is 113 cm³/mol. The zero-order chi connectivity index (χ0) is 21.1. The molecule has 6 nitrogen and oxygen atoms in total. The van der Waals surface area contributed by atoms with Gasteiger partial charge in [-0.05, 0) is 65.4 Å². The molecule has 0 atom stereocenters. The summed E-state index contributed by atoms with van der Waals surface area (Å²) in [7, 11) is 0. The molecule has 0 saturated carbocycles. The minimum atomic E-state index is -0.602. The van der Waals surface area contributed by atoms with Gasteiger partial charge < -0.3 is 9.15 Å². The van der Waals surface area contributed by atoms with Crippen molar-refractivity contribution in [3.05, 3.63) is 93.7 Å². The molecule has 8 heteroatoms. The zero-order valence-corrected chi connectivity index (χ0v) is 17.0. The van der Waals surface area contributed by atoms with E-state index in [1.807, 2.05) is 6.07 Å². The van der Waals surface area contributed by atoms with Gasteiger partial charge in [0.2, 0.25) is 5.76 Å². The summed E-state index contributed by atoms with van der Waals surface area (Å²) >= 11 is 6.85. The Balaban J connectivity index is 1.44. The average molecular weight is 440 g/mol. The van der Waals surface area contributed by atoms with E-state index in [9.17, 15) is 14.4 Å². The fourth-order valence-corrected chi connectivity index (χ4v) is 3.84. The van der Waals surface area contributed by atoms with Crippen molar-refractivity contribution in [2.24, 2.45) is 0 Å². The lowest BCUT2D eigenvalue weighted by Crippen LogP contribution is -2.27. The highest BCUT2D eigenvalue weighted by molar-refractivity contribution is 8.18. The molecule has 150 valence electrons. The average Bonchev–Trinajstić information content (AvgIpc) is 3.35. The van der Waals surface area contributed by atoms with E-state index in [0.717, 1.165) is 17.3 Å². The Morgan fingerprint density at radius 2 is 1.90 bits per heavy atom. The molecule has 1 aliphatic rings. The molecule has 1 aromatic heterocycles. The molecular weight excluding hydrogens is 426 g/mol. The van der Waals surface area contributed by atoms with E-state index in [4.69, 9.17) is 20.8 Å². The highest BCUT2D eigenvalue weighted by Crippen LogP contribution is 2.33. The first-order valence-electron chi connectivity index (χ1n) is 8.85. The molecule has 2 aromatic carbocycles. The molecule has 4 rings (SSSR count). The van der Waals surface area contributed by atoms with Gasteiger partial charge in [-0.2, -0.15) is 0 Å². The number of amides is 2. The number of esters is 1. The first kappa shape index (κ1) is 20.0. The number of halogens is 1. The SMILES string of the molecule is O=C(Oc1ccc(/C=C2\SC(=O)N(Cc3cccc(Cl)c3)C2=O)cc1)c1ccco1. The maximum absolute atomic E-state index is 12.7. The van der Waals surface area contributed by atoms with E-state index in [2.05, 4.69) is 0 Å². The molecule has 1 fully saturated rings. The summed E-state index contributed by atoms with van der Waals surface area (Å²) in [6.07, 6.45) is 3.01. The maximum atomic E-state index is 12.7. The quantitative estimate of drug-likeness (QED) is 0.301. The molecule has 0 unspecified atom stereocenters. The predicted octanol–water partition coefficient (Wildman–Crippen LogP) is 5.39. The lowest BCUT2D eigenvalue weighted by molar-refractivity contribution is -0.123. The number of carbonyl (C=O) groups is 3. The second-order valence-electron chi connectivity index (χ2n) is 6.33. The highest BCUT2D eigenvalue weighted by atomic mass is 35.5. The van der Waals surface area contributed by atoms with Gasteiger partial charge in [-0.1, -0.05) is 35.9 Å². The van der Waals surface area contributed by atoms with E-state index in [1.165, 1.54) is 17.2 Å². The van der Waals surface area contributed by atoms with Gasteiger partial charge in [-0.15, -0.1) is 0 Å². The zero-order valence-electron chi connectivity index (χ0n) is 15.4. The third-order valence-corrected chi connectivity index (χ3v) is 5.36. The topological polar surface area (TPSA) is 76.8 Å². The molecule has 1 saturated heterocycles. The number of imide groups is 1. The molecular formula is C22H14ClNO5S. The highest BCUT2D eigenvalue weighted by Gasteiger charge is 2.35. The van der Waals surface area contributed by atoms with Crippen LogP contribution in [0.1, 0.15) is 21.7 Å². The van der Waals surface area contributed by atoms with Gasteiger partial charge in [-0.25, -0.2) is 4.79 Å². The van der Waals surface area contributed by atoms with Crippen LogP contribution in [0.25, 0.3) is 6.08 Å². The Hall–Kier alpha value is -3.29. The number of benzene rings is 2. The largest absolute Gasteiger partial charge is 0.457 e. The molecule has 2 heterocycles. The van der Waals surface area contributed by atoms with Crippen LogP contribution in [0, 0.1) is 0 Å². The monoisotopic (exact) mass is 439 g/mol. The smallest absolute Gasteiger partial charge is 0.379 e. The summed E-state index contributed by atoms with van der Waals surface area (Å²) in [5.41, 5.74) is 1.47. The van der Waals surface area contributed by atoms with Gasteiger partial charge in [0.05, 0.1) is 17.7 Å². The second-order valence-corrected chi connectivity index (χ2v) is 7.76. The number of rotatable bonds is 5. The molecule has 30 heavy (non-hydrogen) atoms. The molecule has 0 radical (unpaired) electrons. The first-order valence-corrected chi connectivity index (χ1v) is 10.0. The van der Waals surface area contributed by atoms with Crippen molar-refractivity contribution >= 4 is 46.6 Å². The fourth-order valence-electron chi connectivity index (χ4n) is 2.79. The van der Waals surface area contributed by atoms with Crippen LogP contribution in [0.15, 0.2) is 76.2 Å². The first-order chi connectivity index (χ1) is 14.5. The summed E-state index contributed by atoms with van der Waals surface area (Å²) in [6.45, 7) is 0.157. The van der Waals surface area contributed by atoms with Crippen LogP contribution in [-0.4, -0.2) is 22.0 Å². The number of hydrogen-bond acceptors (Lipinski definition) is 6. The van der Waals surface area contributed by atoms with Crippen LogP contribution in [-0.2, 0) is 11.3 Å². The van der Waals surface area contributed by atoms with Crippen molar-refractivity contribution in [3.8, 4) is 5.75 Å². The van der Waals surface area contributed by atoms with Crippen molar-refractivity contribution in [1.82, 2.24) is 4.90 Å². The molecule has 0 N–H and O–H groups in total. The number of hydrogen-bond donors (Lipinski definition) is 0. The van der Waals surface area contributed by atoms with Crippen molar-refractivity contribution in [1.29, 1.82) is 0 Å². The summed E-state index contributed by atoms with van der Waals surface area (Å²) in [5, 5.41) is 0.207. The second kappa shape index (κ2) is 8.61. The Morgan fingerprint density at radius 3 is 2.60 bits per heavy atom.